The summed E-state index contributed by atoms with van der Waals surface area (Å²) in [4.78, 5) is 26.2. The summed E-state index contributed by atoms with van der Waals surface area (Å²) in [6.45, 7) is 2.28. The lowest BCUT2D eigenvalue weighted by molar-refractivity contribution is -0.143. The Morgan fingerprint density at radius 1 is 1.32 bits per heavy atom. The van der Waals surface area contributed by atoms with Crippen LogP contribution in [0.25, 0.3) is 11.2 Å². The van der Waals surface area contributed by atoms with Crippen molar-refractivity contribution in [2.24, 2.45) is 0 Å². The minimum Gasteiger partial charge on any atom is -0.466 e. The molecule has 0 saturated carbocycles. The van der Waals surface area contributed by atoms with E-state index < -0.39 is 31.1 Å². The molecule has 11 nitrogen and oxygen atoms in total. The second-order valence-electron chi connectivity index (χ2n) is 6.58. The topological polar surface area (TPSA) is 143 Å². The van der Waals surface area contributed by atoms with Crippen molar-refractivity contribution in [3.63, 3.8) is 0 Å². The van der Waals surface area contributed by atoms with Crippen LogP contribution in [-0.2, 0) is 14.3 Å². The average Bonchev–Trinajstić information content (AvgIpc) is 3.23. The third-order valence-corrected chi connectivity index (χ3v) is 4.67. The van der Waals surface area contributed by atoms with Gasteiger partial charge in [0, 0.05) is 20.0 Å². The number of carbonyl (C=O) groups excluding carboxylic acids is 1. The molecule has 3 rings (SSSR count). The number of aliphatic hydroxyl groups excluding tert-OH is 3. The molecule has 28 heavy (non-hydrogen) atoms. The summed E-state index contributed by atoms with van der Waals surface area (Å²) >= 11 is 0. The van der Waals surface area contributed by atoms with Crippen molar-refractivity contribution in [3.05, 3.63) is 12.7 Å². The maximum atomic E-state index is 11.5. The summed E-state index contributed by atoms with van der Waals surface area (Å²) in [5.74, 6) is 0.330. The highest BCUT2D eigenvalue weighted by Gasteiger charge is 2.44. The molecule has 0 amide bonds. The summed E-state index contributed by atoms with van der Waals surface area (Å²) in [5, 5.41) is 29.5. The van der Waals surface area contributed by atoms with Crippen LogP contribution in [0.4, 0.5) is 5.82 Å². The van der Waals surface area contributed by atoms with Crippen molar-refractivity contribution >= 4 is 23.0 Å². The first-order valence-electron chi connectivity index (χ1n) is 9.14. The van der Waals surface area contributed by atoms with Gasteiger partial charge in [-0.1, -0.05) is 0 Å². The molecule has 1 fully saturated rings. The fourth-order valence-corrected chi connectivity index (χ4v) is 3.21. The van der Waals surface area contributed by atoms with Crippen LogP contribution in [0.2, 0.25) is 0 Å². The Kier molecular flexibility index (Phi) is 6.39. The third kappa shape index (κ3) is 3.92. The van der Waals surface area contributed by atoms with Crippen LogP contribution in [0.1, 0.15) is 26.0 Å². The van der Waals surface area contributed by atoms with Gasteiger partial charge in [-0.15, -0.1) is 0 Å². The molecule has 1 aliphatic rings. The number of aliphatic hydroxyl groups is 3. The smallest absolute Gasteiger partial charge is 0.305 e. The number of carbonyl (C=O) groups is 1. The molecular formula is C17H25N5O6. The van der Waals surface area contributed by atoms with Crippen LogP contribution in [0, 0.1) is 0 Å². The SMILES string of the molecule is CCOC(=O)CCCN(C)c1ncnc2c1ncn2[C@@H]1O[C@H](CO)[C@@H](O)[C@H]1O. The highest BCUT2D eigenvalue weighted by molar-refractivity contribution is 5.83. The summed E-state index contributed by atoms with van der Waals surface area (Å²) < 4.78 is 12.0. The summed E-state index contributed by atoms with van der Waals surface area (Å²) in [6, 6.07) is 0. The van der Waals surface area contributed by atoms with E-state index >= 15 is 0 Å². The number of nitrogens with zero attached hydrogens (tertiary/aromatic N) is 5. The molecule has 0 aliphatic carbocycles. The zero-order valence-electron chi connectivity index (χ0n) is 15.8. The molecule has 0 bridgehead atoms. The van der Waals surface area contributed by atoms with Crippen LogP contribution >= 0.6 is 0 Å². The fourth-order valence-electron chi connectivity index (χ4n) is 3.21. The Labute approximate surface area is 161 Å². The van der Waals surface area contributed by atoms with Crippen LogP contribution in [0.5, 0.6) is 0 Å². The van der Waals surface area contributed by atoms with Gasteiger partial charge in [0.15, 0.2) is 23.2 Å². The first kappa shape index (κ1) is 20.4. The maximum absolute atomic E-state index is 11.5. The van der Waals surface area contributed by atoms with E-state index in [4.69, 9.17) is 9.47 Å². The van der Waals surface area contributed by atoms with E-state index in [1.54, 1.807) is 6.92 Å². The maximum Gasteiger partial charge on any atom is 0.305 e. The Hall–Kier alpha value is -2.34. The molecule has 3 heterocycles. The molecule has 1 aliphatic heterocycles. The second-order valence-corrected chi connectivity index (χ2v) is 6.58. The Morgan fingerprint density at radius 3 is 2.79 bits per heavy atom. The van der Waals surface area contributed by atoms with Gasteiger partial charge in [-0.25, -0.2) is 15.0 Å². The van der Waals surface area contributed by atoms with Gasteiger partial charge in [0.2, 0.25) is 0 Å². The summed E-state index contributed by atoms with van der Waals surface area (Å²) in [6.07, 6.45) is -0.512. The van der Waals surface area contributed by atoms with Crippen LogP contribution in [0.3, 0.4) is 0 Å². The number of imidazole rings is 1. The molecule has 1 saturated heterocycles. The molecule has 0 unspecified atom stereocenters. The predicted molar refractivity (Wildman–Crippen MR) is 97.5 cm³/mol. The molecule has 0 aromatic carbocycles. The molecule has 154 valence electrons. The number of anilines is 1. The first-order chi connectivity index (χ1) is 13.5. The van der Waals surface area contributed by atoms with Crippen molar-refractivity contribution in [1.29, 1.82) is 0 Å². The van der Waals surface area contributed by atoms with Gasteiger partial charge in [0.05, 0.1) is 19.5 Å². The number of fused-ring (bicyclic) bond motifs is 1. The summed E-state index contributed by atoms with van der Waals surface area (Å²) in [5.41, 5.74) is 0.927. The number of hydrogen-bond donors (Lipinski definition) is 3. The van der Waals surface area contributed by atoms with Crippen molar-refractivity contribution < 1.29 is 29.6 Å². The largest absolute Gasteiger partial charge is 0.466 e. The molecule has 2 aromatic heterocycles. The highest BCUT2D eigenvalue weighted by Crippen LogP contribution is 2.32. The van der Waals surface area contributed by atoms with E-state index in [9.17, 15) is 20.1 Å². The van der Waals surface area contributed by atoms with Gasteiger partial charge in [0.1, 0.15) is 24.6 Å². The van der Waals surface area contributed by atoms with Crippen LogP contribution in [0.15, 0.2) is 12.7 Å². The normalized spacial score (nSPS) is 24.6. The lowest BCUT2D eigenvalue weighted by atomic mass is 10.1. The van der Waals surface area contributed by atoms with Gasteiger partial charge in [-0.05, 0) is 13.3 Å². The van der Waals surface area contributed by atoms with E-state index in [1.807, 2.05) is 11.9 Å². The van der Waals surface area contributed by atoms with Crippen molar-refractivity contribution in [1.82, 2.24) is 19.5 Å². The number of rotatable bonds is 8. The van der Waals surface area contributed by atoms with Crippen LogP contribution < -0.4 is 4.90 Å². The van der Waals surface area contributed by atoms with Crippen molar-refractivity contribution in [2.45, 2.75) is 44.3 Å². The number of hydrogen-bond acceptors (Lipinski definition) is 10. The molecule has 2 aromatic rings. The molecule has 3 N–H and O–H groups in total. The molecule has 11 heteroatoms. The van der Waals surface area contributed by atoms with Gasteiger partial charge in [-0.3, -0.25) is 9.36 Å². The van der Waals surface area contributed by atoms with E-state index in [2.05, 4.69) is 15.0 Å². The number of ether oxygens (including phenoxy) is 2. The van der Waals surface area contributed by atoms with Crippen molar-refractivity contribution in [3.8, 4) is 0 Å². The molecule has 4 atom stereocenters. The Bertz CT molecular complexity index is 814. The monoisotopic (exact) mass is 395 g/mol. The van der Waals surface area contributed by atoms with Crippen molar-refractivity contribution in [2.75, 3.05) is 31.7 Å². The predicted octanol–water partition coefficient (Wildman–Crippen LogP) is -0.783. The summed E-state index contributed by atoms with van der Waals surface area (Å²) in [7, 11) is 1.83. The fraction of sp³-hybridized carbons (Fsp3) is 0.647. The number of aromatic nitrogens is 4. The highest BCUT2D eigenvalue weighted by atomic mass is 16.6. The standard InChI is InChI=1S/C17H25N5O6/c1-3-27-11(24)5-4-6-21(2)15-12-16(19-8-18-15)22(9-20-12)17-14(26)13(25)10(7-23)28-17/h8-10,13-14,17,23,25-26H,3-7H2,1-2H3/t10-,13-,14-,17-/m1/s1. The zero-order chi connectivity index (χ0) is 20.3. The molecular weight excluding hydrogens is 370 g/mol. The van der Waals surface area contributed by atoms with E-state index in [-0.39, 0.29) is 5.97 Å². The Morgan fingerprint density at radius 2 is 2.11 bits per heavy atom. The zero-order valence-corrected chi connectivity index (χ0v) is 15.8. The van der Waals surface area contributed by atoms with Gasteiger partial charge in [-0.2, -0.15) is 0 Å². The minimum absolute atomic E-state index is 0.239. The number of esters is 1. The molecule has 0 radical (unpaired) electrons. The first-order valence-corrected chi connectivity index (χ1v) is 9.14. The average molecular weight is 395 g/mol. The van der Waals surface area contributed by atoms with Crippen LogP contribution in [-0.4, -0.2) is 85.9 Å². The van der Waals surface area contributed by atoms with E-state index in [1.165, 1.54) is 17.2 Å². The van der Waals surface area contributed by atoms with E-state index in [0.29, 0.717) is 43.0 Å². The quantitative estimate of drug-likeness (QED) is 0.487. The molecule has 0 spiro atoms. The minimum atomic E-state index is -1.23. The third-order valence-electron chi connectivity index (χ3n) is 4.67. The van der Waals surface area contributed by atoms with Gasteiger partial charge >= 0.3 is 5.97 Å². The van der Waals surface area contributed by atoms with Gasteiger partial charge < -0.3 is 29.7 Å². The second kappa shape index (κ2) is 8.78. The Balaban J connectivity index is 1.77. The lowest BCUT2D eigenvalue weighted by Crippen LogP contribution is -2.33. The lowest BCUT2D eigenvalue weighted by Gasteiger charge is -2.19. The van der Waals surface area contributed by atoms with Gasteiger partial charge in [0.25, 0.3) is 0 Å². The van der Waals surface area contributed by atoms with E-state index in [0.717, 1.165) is 0 Å².